The fraction of sp³-hybridized carbons (Fsp3) is 0.464. The molecule has 5 rings (SSSR count). The molecule has 2 aromatic carbocycles. The van der Waals surface area contributed by atoms with E-state index in [0.717, 1.165) is 12.1 Å². The quantitative estimate of drug-likeness (QED) is 0.195. The number of hydrogen-bond donors (Lipinski definition) is 8. The van der Waals surface area contributed by atoms with Crippen LogP contribution in [-0.2, 0) is 14.2 Å². The summed E-state index contributed by atoms with van der Waals surface area (Å²) in [5.74, 6) is -1.35. The highest BCUT2D eigenvalue weighted by Gasteiger charge is 2.50. The van der Waals surface area contributed by atoms with Crippen molar-refractivity contribution in [3.8, 4) is 34.3 Å². The largest absolute Gasteiger partial charge is 0.507 e. The van der Waals surface area contributed by atoms with Crippen LogP contribution in [0.15, 0.2) is 39.5 Å². The lowest BCUT2D eigenvalue weighted by Gasteiger charge is -2.46. The van der Waals surface area contributed by atoms with Crippen LogP contribution >= 0.6 is 0 Å². The molecule has 2 saturated heterocycles. The summed E-state index contributed by atoms with van der Waals surface area (Å²) >= 11 is 0. The molecule has 0 spiro atoms. The van der Waals surface area contributed by atoms with E-state index in [4.69, 9.17) is 23.4 Å². The SMILES string of the molecule is COc1cc(-c2cc(=O)c3c(O)c([C@H]4OC(C)[C@@H](O)C(O)[C@@H]4O[C@@H]4OC(C)[C@H](O)C(O)[C@@H]4O)c(O)cc3o2)ccc1O. The number of rotatable bonds is 5. The maximum atomic E-state index is 13.2. The zero-order chi connectivity index (χ0) is 30.6. The Morgan fingerprint density at radius 2 is 1.45 bits per heavy atom. The van der Waals surface area contributed by atoms with Gasteiger partial charge in [-0.05, 0) is 32.0 Å². The zero-order valence-corrected chi connectivity index (χ0v) is 22.7. The first-order chi connectivity index (χ1) is 19.8. The van der Waals surface area contributed by atoms with E-state index in [1.165, 1.54) is 39.2 Å². The molecule has 4 unspecified atom stereocenters. The van der Waals surface area contributed by atoms with Crippen LogP contribution in [0.1, 0.15) is 25.5 Å². The zero-order valence-electron chi connectivity index (χ0n) is 22.7. The summed E-state index contributed by atoms with van der Waals surface area (Å²) in [6.07, 6.45) is -14.9. The van der Waals surface area contributed by atoms with Gasteiger partial charge in [0.05, 0.1) is 24.9 Å². The van der Waals surface area contributed by atoms with Crippen LogP contribution in [0.5, 0.6) is 23.0 Å². The number of hydrogen-bond acceptors (Lipinski definition) is 14. The minimum absolute atomic E-state index is 0.0398. The van der Waals surface area contributed by atoms with Gasteiger partial charge in [-0.15, -0.1) is 0 Å². The summed E-state index contributed by atoms with van der Waals surface area (Å²) in [7, 11) is 1.35. The van der Waals surface area contributed by atoms with Gasteiger partial charge in [-0.3, -0.25) is 4.79 Å². The van der Waals surface area contributed by atoms with Crippen molar-refractivity contribution in [1.82, 2.24) is 0 Å². The molecule has 3 heterocycles. The van der Waals surface area contributed by atoms with Crippen molar-refractivity contribution >= 4 is 11.0 Å². The fourth-order valence-corrected chi connectivity index (χ4v) is 5.26. The number of aromatic hydroxyl groups is 3. The molecule has 8 N–H and O–H groups in total. The number of phenols is 3. The lowest BCUT2D eigenvalue weighted by atomic mass is 9.89. The van der Waals surface area contributed by atoms with Crippen molar-refractivity contribution in [1.29, 1.82) is 0 Å². The van der Waals surface area contributed by atoms with Crippen molar-refractivity contribution in [2.45, 2.75) is 75.1 Å². The Balaban J connectivity index is 1.58. The maximum absolute atomic E-state index is 13.2. The molecule has 0 amide bonds. The van der Waals surface area contributed by atoms with Crippen LogP contribution in [0.4, 0.5) is 0 Å². The van der Waals surface area contributed by atoms with E-state index in [9.17, 15) is 45.6 Å². The molecule has 14 heteroatoms. The Morgan fingerprint density at radius 1 is 0.786 bits per heavy atom. The van der Waals surface area contributed by atoms with Crippen LogP contribution < -0.4 is 10.2 Å². The van der Waals surface area contributed by atoms with Gasteiger partial charge in [-0.2, -0.15) is 0 Å². The van der Waals surface area contributed by atoms with Crippen molar-refractivity contribution in [2.24, 2.45) is 0 Å². The fourth-order valence-electron chi connectivity index (χ4n) is 5.26. The lowest BCUT2D eigenvalue weighted by molar-refractivity contribution is -0.336. The average molecular weight is 593 g/mol. The van der Waals surface area contributed by atoms with Crippen LogP contribution in [-0.4, -0.2) is 103 Å². The lowest BCUT2D eigenvalue weighted by Crippen LogP contribution is -2.61. The summed E-state index contributed by atoms with van der Waals surface area (Å²) < 4.78 is 27.9. The number of aliphatic hydroxyl groups excluding tert-OH is 5. The Morgan fingerprint density at radius 3 is 2.14 bits per heavy atom. The third kappa shape index (κ3) is 5.05. The first-order valence-electron chi connectivity index (χ1n) is 13.1. The first-order valence-corrected chi connectivity index (χ1v) is 13.1. The number of fused-ring (bicyclic) bond motifs is 1. The third-order valence-corrected chi connectivity index (χ3v) is 7.69. The molecule has 2 fully saturated rings. The average Bonchev–Trinajstić information content (AvgIpc) is 2.95. The van der Waals surface area contributed by atoms with Crippen molar-refractivity contribution < 1.29 is 64.2 Å². The number of ether oxygens (including phenoxy) is 4. The minimum atomic E-state index is -1.77. The van der Waals surface area contributed by atoms with E-state index in [0.29, 0.717) is 5.56 Å². The van der Waals surface area contributed by atoms with Gasteiger partial charge in [0.1, 0.15) is 71.0 Å². The summed E-state index contributed by atoms with van der Waals surface area (Å²) in [5.41, 5.74) is -0.942. The highest BCUT2D eigenvalue weighted by atomic mass is 16.7. The second kappa shape index (κ2) is 11.3. The molecule has 0 saturated carbocycles. The minimum Gasteiger partial charge on any atom is -0.507 e. The van der Waals surface area contributed by atoms with Gasteiger partial charge < -0.3 is 64.2 Å². The molecule has 0 bridgehead atoms. The maximum Gasteiger partial charge on any atom is 0.197 e. The van der Waals surface area contributed by atoms with E-state index < -0.39 is 78.2 Å². The summed E-state index contributed by atoms with van der Waals surface area (Å²) in [6, 6.07) is 6.39. The van der Waals surface area contributed by atoms with Gasteiger partial charge in [0.15, 0.2) is 23.2 Å². The molecular formula is C28H32O14. The Labute approximate surface area is 238 Å². The van der Waals surface area contributed by atoms with Gasteiger partial charge in [-0.25, -0.2) is 0 Å². The molecule has 0 radical (unpaired) electrons. The predicted molar refractivity (Wildman–Crippen MR) is 142 cm³/mol. The molecular weight excluding hydrogens is 560 g/mol. The monoisotopic (exact) mass is 592 g/mol. The van der Waals surface area contributed by atoms with Crippen molar-refractivity contribution in [3.63, 3.8) is 0 Å². The number of benzene rings is 2. The van der Waals surface area contributed by atoms with Crippen molar-refractivity contribution in [3.05, 3.63) is 46.1 Å². The van der Waals surface area contributed by atoms with E-state index in [2.05, 4.69) is 0 Å². The van der Waals surface area contributed by atoms with Crippen LogP contribution in [0, 0.1) is 0 Å². The second-order valence-electron chi connectivity index (χ2n) is 10.4. The molecule has 10 atom stereocenters. The van der Waals surface area contributed by atoms with Gasteiger partial charge in [0, 0.05) is 17.7 Å². The van der Waals surface area contributed by atoms with E-state index >= 15 is 0 Å². The van der Waals surface area contributed by atoms with E-state index in [1.807, 2.05) is 0 Å². The molecule has 14 nitrogen and oxygen atoms in total. The molecule has 42 heavy (non-hydrogen) atoms. The smallest absolute Gasteiger partial charge is 0.197 e. The van der Waals surface area contributed by atoms with Gasteiger partial charge in [0.2, 0.25) is 0 Å². The van der Waals surface area contributed by atoms with E-state index in [-0.39, 0.29) is 33.8 Å². The second-order valence-corrected chi connectivity index (χ2v) is 10.4. The van der Waals surface area contributed by atoms with Crippen molar-refractivity contribution in [2.75, 3.05) is 7.11 Å². The Hall–Kier alpha value is -3.47. The summed E-state index contributed by atoms with van der Waals surface area (Å²) in [4.78, 5) is 13.2. The van der Waals surface area contributed by atoms with Gasteiger partial charge in [-0.1, -0.05) is 0 Å². The highest BCUT2D eigenvalue weighted by Crippen LogP contribution is 2.46. The first kappa shape index (κ1) is 30.0. The number of phenolic OH excluding ortho intramolecular Hbond substituents is 3. The summed E-state index contributed by atoms with van der Waals surface area (Å²) in [5, 5.41) is 83.9. The Kier molecular flexibility index (Phi) is 8.08. The number of aliphatic hydroxyl groups is 5. The van der Waals surface area contributed by atoms with Crippen LogP contribution in [0.25, 0.3) is 22.3 Å². The predicted octanol–water partition coefficient (Wildman–Crippen LogP) is -0.0203. The highest BCUT2D eigenvalue weighted by molar-refractivity contribution is 5.88. The van der Waals surface area contributed by atoms with Crippen LogP contribution in [0.3, 0.4) is 0 Å². The standard InChI is InChI=1S/C28H32O14/c1-9-21(33)24(36)27(42-28-25(37)23(35)20(32)10(2)40-28)26(39-9)19-14(31)8-17-18(22(19)34)13(30)7-15(41-17)11-4-5-12(29)16(6-11)38-3/h4-10,20-21,23-29,31-37H,1-3H3/t9?,10?,20-,21+,23?,24?,25-,26+,27-,28-/m0/s1. The molecule has 0 aliphatic carbocycles. The number of methoxy groups -OCH3 is 1. The molecule has 2 aliphatic rings. The van der Waals surface area contributed by atoms with E-state index in [1.54, 1.807) is 0 Å². The summed E-state index contributed by atoms with van der Waals surface area (Å²) in [6.45, 7) is 2.84. The normalized spacial score (nSPS) is 33.5. The van der Waals surface area contributed by atoms with Gasteiger partial charge >= 0.3 is 0 Å². The Bertz CT molecular complexity index is 1520. The molecule has 2 aliphatic heterocycles. The third-order valence-electron chi connectivity index (χ3n) is 7.69. The molecule has 3 aromatic rings. The molecule has 228 valence electrons. The topological polar surface area (TPSA) is 229 Å². The van der Waals surface area contributed by atoms with Crippen LogP contribution in [0.2, 0.25) is 0 Å². The molecule has 1 aromatic heterocycles. The van der Waals surface area contributed by atoms with Gasteiger partial charge in [0.25, 0.3) is 0 Å².